The van der Waals surface area contributed by atoms with Gasteiger partial charge >= 0.3 is 19.8 Å². The molecule has 0 heterocycles. The molecule has 0 aromatic rings. The van der Waals surface area contributed by atoms with E-state index in [4.69, 9.17) is 19.1 Å². The van der Waals surface area contributed by atoms with E-state index in [0.29, 0.717) is 12.8 Å². The van der Waals surface area contributed by atoms with Gasteiger partial charge in [0.2, 0.25) is 0 Å². The fraction of sp³-hybridized carbons (Fsp3) is 0.895. The zero-order valence-corrected chi connectivity index (χ0v) is 18.9. The van der Waals surface area contributed by atoms with Gasteiger partial charge in [0.15, 0.2) is 6.10 Å². The van der Waals surface area contributed by atoms with Crippen LogP contribution >= 0.6 is 7.82 Å². The van der Waals surface area contributed by atoms with Crippen LogP contribution in [0.15, 0.2) is 0 Å². The molecular formula is C19H37O10P. The highest BCUT2D eigenvalue weighted by molar-refractivity contribution is 7.47. The molecule has 0 fully saturated rings. The molecular weight excluding hydrogens is 419 g/mol. The molecule has 10 nitrogen and oxygen atoms in total. The van der Waals surface area contributed by atoms with Crippen molar-refractivity contribution < 1.29 is 47.8 Å². The fourth-order valence-corrected chi connectivity index (χ4v) is 3.05. The summed E-state index contributed by atoms with van der Waals surface area (Å²) < 4.78 is 31.5. The Morgan fingerprint density at radius 1 is 0.867 bits per heavy atom. The number of esters is 2. The molecule has 0 amide bonds. The lowest BCUT2D eigenvalue weighted by Crippen LogP contribution is -2.29. The van der Waals surface area contributed by atoms with Crippen molar-refractivity contribution in [1.82, 2.24) is 0 Å². The highest BCUT2D eigenvalue weighted by Crippen LogP contribution is 2.43. The smallest absolute Gasteiger partial charge is 0.462 e. The van der Waals surface area contributed by atoms with E-state index in [0.717, 1.165) is 32.1 Å². The number of aliphatic hydroxyl groups is 2. The maximum absolute atomic E-state index is 12.0. The molecule has 0 rings (SSSR count). The third kappa shape index (κ3) is 16.7. The van der Waals surface area contributed by atoms with Gasteiger partial charge in [0, 0.05) is 12.8 Å². The van der Waals surface area contributed by atoms with E-state index in [1.165, 1.54) is 0 Å². The predicted molar refractivity (Wildman–Crippen MR) is 109 cm³/mol. The van der Waals surface area contributed by atoms with E-state index in [1.807, 2.05) is 6.92 Å². The van der Waals surface area contributed by atoms with Gasteiger partial charge in [0.1, 0.15) is 12.7 Å². The van der Waals surface area contributed by atoms with Gasteiger partial charge in [-0.15, -0.1) is 0 Å². The maximum atomic E-state index is 12.0. The Kier molecular flexibility index (Phi) is 17.0. The first-order valence-electron chi connectivity index (χ1n) is 10.5. The van der Waals surface area contributed by atoms with E-state index >= 15 is 0 Å². The number of carbonyl (C=O) groups is 2. The molecule has 0 radical (unpaired) electrons. The number of hydrogen-bond acceptors (Lipinski definition) is 9. The molecule has 3 N–H and O–H groups in total. The lowest BCUT2D eigenvalue weighted by atomic mass is 10.1. The highest BCUT2D eigenvalue weighted by atomic mass is 31.2. The molecule has 0 aliphatic heterocycles. The van der Waals surface area contributed by atoms with Crippen molar-refractivity contribution in [2.45, 2.75) is 83.8 Å². The fourth-order valence-electron chi connectivity index (χ4n) is 2.26. The topological polar surface area (TPSA) is 149 Å². The summed E-state index contributed by atoms with van der Waals surface area (Å²) >= 11 is 0. The summed E-state index contributed by atoms with van der Waals surface area (Å²) in [5.41, 5.74) is 0. The van der Waals surface area contributed by atoms with E-state index < -0.39 is 51.8 Å². The molecule has 0 bridgehead atoms. The molecule has 0 aromatic carbocycles. The lowest BCUT2D eigenvalue weighted by Gasteiger charge is -2.20. The van der Waals surface area contributed by atoms with E-state index in [-0.39, 0.29) is 19.4 Å². The largest absolute Gasteiger partial charge is 0.472 e. The first kappa shape index (κ1) is 29.0. The van der Waals surface area contributed by atoms with Crippen LogP contribution in [-0.2, 0) is 32.7 Å². The van der Waals surface area contributed by atoms with Crippen LogP contribution in [0.2, 0.25) is 0 Å². The summed E-state index contributed by atoms with van der Waals surface area (Å²) in [5, 5.41) is 17.9. The summed E-state index contributed by atoms with van der Waals surface area (Å²) in [5.74, 6) is -0.985. The highest BCUT2D eigenvalue weighted by Gasteiger charge is 2.27. The van der Waals surface area contributed by atoms with Gasteiger partial charge in [-0.1, -0.05) is 46.0 Å². The second-order valence-electron chi connectivity index (χ2n) is 6.96. The Hall–Kier alpha value is -1.03. The van der Waals surface area contributed by atoms with Crippen molar-refractivity contribution in [2.24, 2.45) is 0 Å². The average molecular weight is 456 g/mol. The second kappa shape index (κ2) is 17.6. The first-order valence-corrected chi connectivity index (χ1v) is 12.0. The van der Waals surface area contributed by atoms with Crippen molar-refractivity contribution in [3.8, 4) is 0 Å². The van der Waals surface area contributed by atoms with Crippen molar-refractivity contribution in [3.05, 3.63) is 0 Å². The molecule has 0 saturated carbocycles. The SMILES string of the molecule is CCCCCCCC(=O)OC(COC(=O)CCCC)COP(=O)(O)OC[C@@H](O)CO. The number of rotatable bonds is 19. The normalized spacial score (nSPS) is 15.2. The monoisotopic (exact) mass is 456 g/mol. The Balaban J connectivity index is 4.60. The molecule has 11 heteroatoms. The van der Waals surface area contributed by atoms with Gasteiger partial charge in [-0.25, -0.2) is 4.57 Å². The summed E-state index contributed by atoms with van der Waals surface area (Å²) in [6.07, 6.45) is 4.21. The van der Waals surface area contributed by atoms with Crippen LogP contribution in [0.4, 0.5) is 0 Å². The quantitative estimate of drug-likeness (QED) is 0.150. The molecule has 0 saturated heterocycles. The molecule has 0 aliphatic rings. The van der Waals surface area contributed by atoms with Crippen LogP contribution in [0.1, 0.15) is 71.6 Å². The van der Waals surface area contributed by atoms with Gasteiger partial charge in [-0.2, -0.15) is 0 Å². The predicted octanol–water partition coefficient (Wildman–Crippen LogP) is 2.48. The summed E-state index contributed by atoms with van der Waals surface area (Å²) in [4.78, 5) is 33.4. The number of carbonyl (C=O) groups excluding carboxylic acids is 2. The minimum atomic E-state index is -4.56. The zero-order chi connectivity index (χ0) is 22.8. The van der Waals surface area contributed by atoms with Crippen molar-refractivity contribution in [1.29, 1.82) is 0 Å². The Morgan fingerprint density at radius 3 is 2.10 bits per heavy atom. The molecule has 2 unspecified atom stereocenters. The van der Waals surface area contributed by atoms with Crippen LogP contribution in [0.3, 0.4) is 0 Å². The second-order valence-corrected chi connectivity index (χ2v) is 8.41. The van der Waals surface area contributed by atoms with Gasteiger partial charge in [0.25, 0.3) is 0 Å². The van der Waals surface area contributed by atoms with Gasteiger partial charge in [-0.3, -0.25) is 18.6 Å². The van der Waals surface area contributed by atoms with Gasteiger partial charge in [0.05, 0.1) is 19.8 Å². The van der Waals surface area contributed by atoms with Crippen molar-refractivity contribution in [2.75, 3.05) is 26.4 Å². The number of aliphatic hydroxyl groups excluding tert-OH is 2. The average Bonchev–Trinajstić information content (AvgIpc) is 2.72. The van der Waals surface area contributed by atoms with Gasteiger partial charge < -0.3 is 24.6 Å². The van der Waals surface area contributed by atoms with Crippen LogP contribution in [0.25, 0.3) is 0 Å². The molecule has 3 atom stereocenters. The summed E-state index contributed by atoms with van der Waals surface area (Å²) in [7, 11) is -4.56. The van der Waals surface area contributed by atoms with Crippen LogP contribution in [-0.4, -0.2) is 65.7 Å². The molecule has 0 aromatic heterocycles. The summed E-state index contributed by atoms with van der Waals surface area (Å²) in [6.45, 7) is 1.91. The van der Waals surface area contributed by atoms with E-state index in [1.54, 1.807) is 0 Å². The van der Waals surface area contributed by atoms with Crippen LogP contribution in [0, 0.1) is 0 Å². The standard InChI is InChI=1S/C19H37O10P/c1-3-5-7-8-9-11-19(23)29-17(14-26-18(22)10-6-4-2)15-28-30(24,25)27-13-16(21)12-20/h16-17,20-21H,3-15H2,1-2H3,(H,24,25)/t16-,17?/m0/s1. The number of phosphoric ester groups is 1. The van der Waals surface area contributed by atoms with Crippen LogP contribution < -0.4 is 0 Å². The minimum Gasteiger partial charge on any atom is -0.462 e. The van der Waals surface area contributed by atoms with Crippen LogP contribution in [0.5, 0.6) is 0 Å². The summed E-state index contributed by atoms with van der Waals surface area (Å²) in [6, 6.07) is 0. The Morgan fingerprint density at radius 2 is 1.47 bits per heavy atom. The molecule has 0 spiro atoms. The molecule has 178 valence electrons. The van der Waals surface area contributed by atoms with Crippen molar-refractivity contribution >= 4 is 19.8 Å². The first-order chi connectivity index (χ1) is 14.2. The number of ether oxygens (including phenoxy) is 2. The lowest BCUT2D eigenvalue weighted by molar-refractivity contribution is -0.161. The van der Waals surface area contributed by atoms with E-state index in [2.05, 4.69) is 11.4 Å². The Labute approximate surface area is 178 Å². The molecule has 30 heavy (non-hydrogen) atoms. The number of hydrogen-bond donors (Lipinski definition) is 3. The number of unbranched alkanes of at least 4 members (excludes halogenated alkanes) is 5. The number of phosphoric acid groups is 1. The Bertz CT molecular complexity index is 514. The van der Waals surface area contributed by atoms with Gasteiger partial charge in [-0.05, 0) is 12.8 Å². The molecule has 0 aliphatic carbocycles. The third-order valence-corrected chi connectivity index (χ3v) is 4.96. The minimum absolute atomic E-state index is 0.181. The third-order valence-electron chi connectivity index (χ3n) is 4.01. The zero-order valence-electron chi connectivity index (χ0n) is 18.0. The maximum Gasteiger partial charge on any atom is 0.472 e. The van der Waals surface area contributed by atoms with E-state index in [9.17, 15) is 24.2 Å². The van der Waals surface area contributed by atoms with Crippen molar-refractivity contribution in [3.63, 3.8) is 0 Å².